The molecule has 0 radical (unpaired) electrons. The van der Waals surface area contributed by atoms with Gasteiger partial charge < -0.3 is 14.3 Å². The minimum absolute atomic E-state index is 0.335. The number of benzene rings is 2. The van der Waals surface area contributed by atoms with E-state index in [1.165, 1.54) is 54.9 Å². The van der Waals surface area contributed by atoms with Gasteiger partial charge in [-0.1, -0.05) is 56.0 Å². The lowest BCUT2D eigenvalue weighted by atomic mass is 9.78. The Kier molecular flexibility index (Phi) is 6.34. The summed E-state index contributed by atoms with van der Waals surface area (Å²) in [5.74, 6) is 1.09. The van der Waals surface area contributed by atoms with Crippen molar-refractivity contribution in [3.8, 4) is 11.3 Å². The van der Waals surface area contributed by atoms with Crippen LogP contribution in [0.5, 0.6) is 0 Å². The minimum Gasteiger partial charge on any atom is -0.399 e. The summed E-state index contributed by atoms with van der Waals surface area (Å²) in [5.41, 5.74) is 2.64. The van der Waals surface area contributed by atoms with Crippen LogP contribution in [0.25, 0.3) is 22.0 Å². The lowest BCUT2D eigenvalue weighted by Gasteiger charge is -2.32. The largest absolute Gasteiger partial charge is 0.494 e. The van der Waals surface area contributed by atoms with Crippen LogP contribution in [0, 0.1) is 0 Å². The second-order valence-corrected chi connectivity index (χ2v) is 11.1. The van der Waals surface area contributed by atoms with Gasteiger partial charge in [0.15, 0.2) is 0 Å². The Labute approximate surface area is 204 Å². The van der Waals surface area contributed by atoms with E-state index >= 15 is 0 Å². The Bertz CT molecular complexity index is 1140. The molecule has 2 saturated heterocycles. The van der Waals surface area contributed by atoms with Gasteiger partial charge in [-0.3, -0.25) is 4.90 Å². The van der Waals surface area contributed by atoms with Gasteiger partial charge in [-0.05, 0) is 76.4 Å². The molecule has 3 heterocycles. The predicted molar refractivity (Wildman–Crippen MR) is 140 cm³/mol. The van der Waals surface area contributed by atoms with E-state index < -0.39 is 0 Å². The van der Waals surface area contributed by atoms with Gasteiger partial charge in [0, 0.05) is 5.56 Å². The van der Waals surface area contributed by atoms with Crippen molar-refractivity contribution in [3.05, 3.63) is 48.4 Å². The maximum Gasteiger partial charge on any atom is 0.494 e. The lowest BCUT2D eigenvalue weighted by molar-refractivity contribution is 0.00578. The molecule has 1 aromatic heterocycles. The number of aromatic amines is 1. The van der Waals surface area contributed by atoms with Gasteiger partial charge in [0.05, 0.1) is 29.1 Å². The molecule has 1 N–H and O–H groups in total. The summed E-state index contributed by atoms with van der Waals surface area (Å²) in [5, 5.41) is 2.39. The summed E-state index contributed by atoms with van der Waals surface area (Å²) >= 11 is 0. The SMILES string of the molecule is CN1CCCCCCCC1c1ncc(-c2ccc3cc(B4OC(C)(C)C(C)(C)O4)ccc3c2)[nH]1. The fourth-order valence-corrected chi connectivity index (χ4v) is 5.16. The maximum atomic E-state index is 6.25. The molecule has 2 aromatic carbocycles. The fraction of sp³-hybridized carbons (Fsp3) is 0.536. The second-order valence-electron chi connectivity index (χ2n) is 11.1. The molecule has 180 valence electrons. The Morgan fingerprint density at radius 2 is 1.59 bits per heavy atom. The summed E-state index contributed by atoms with van der Waals surface area (Å²) in [6.07, 6.45) is 9.74. The number of hydrogen-bond donors (Lipinski definition) is 1. The Morgan fingerprint density at radius 1 is 0.912 bits per heavy atom. The first-order valence-corrected chi connectivity index (χ1v) is 12.9. The molecule has 2 aliphatic rings. The van der Waals surface area contributed by atoms with Crippen molar-refractivity contribution in [2.75, 3.05) is 13.6 Å². The van der Waals surface area contributed by atoms with E-state index in [1.807, 2.05) is 6.20 Å². The molecule has 0 spiro atoms. The van der Waals surface area contributed by atoms with Crippen LogP contribution in [0.2, 0.25) is 0 Å². The zero-order valence-corrected chi connectivity index (χ0v) is 21.4. The fourth-order valence-electron chi connectivity index (χ4n) is 5.16. The van der Waals surface area contributed by atoms with Gasteiger partial charge in [-0.2, -0.15) is 0 Å². The smallest absolute Gasteiger partial charge is 0.399 e. The summed E-state index contributed by atoms with van der Waals surface area (Å²) in [6, 6.07) is 13.5. The highest BCUT2D eigenvalue weighted by Crippen LogP contribution is 2.37. The Hall–Kier alpha value is -2.15. The number of imidazole rings is 1. The zero-order chi connectivity index (χ0) is 23.9. The molecule has 1 unspecified atom stereocenters. The van der Waals surface area contributed by atoms with Gasteiger partial charge in [-0.25, -0.2) is 4.98 Å². The number of fused-ring (bicyclic) bond motifs is 1. The van der Waals surface area contributed by atoms with Crippen molar-refractivity contribution in [2.24, 2.45) is 0 Å². The van der Waals surface area contributed by atoms with Crippen molar-refractivity contribution in [2.45, 2.75) is 83.5 Å². The number of aromatic nitrogens is 2. The van der Waals surface area contributed by atoms with Gasteiger partial charge in [0.2, 0.25) is 0 Å². The van der Waals surface area contributed by atoms with Crippen LogP contribution in [0.3, 0.4) is 0 Å². The van der Waals surface area contributed by atoms with Gasteiger partial charge in [0.25, 0.3) is 0 Å². The van der Waals surface area contributed by atoms with E-state index in [9.17, 15) is 0 Å². The molecule has 0 amide bonds. The zero-order valence-electron chi connectivity index (χ0n) is 21.4. The maximum absolute atomic E-state index is 6.25. The van der Waals surface area contributed by atoms with Crippen molar-refractivity contribution < 1.29 is 9.31 Å². The molecular weight excluding hydrogens is 421 g/mol. The number of H-pyrrole nitrogens is 1. The molecule has 6 heteroatoms. The molecule has 5 nitrogen and oxygen atoms in total. The summed E-state index contributed by atoms with van der Waals surface area (Å²) in [6.45, 7) is 9.51. The molecule has 0 aliphatic carbocycles. The average molecular weight is 459 g/mol. The highest BCUT2D eigenvalue weighted by molar-refractivity contribution is 6.62. The summed E-state index contributed by atoms with van der Waals surface area (Å²) in [4.78, 5) is 10.9. The first-order chi connectivity index (χ1) is 16.2. The van der Waals surface area contributed by atoms with Crippen LogP contribution in [0.15, 0.2) is 42.6 Å². The third kappa shape index (κ3) is 4.56. The quantitative estimate of drug-likeness (QED) is 0.499. The van der Waals surface area contributed by atoms with Gasteiger partial charge in [-0.15, -0.1) is 0 Å². The molecule has 5 rings (SSSR count). The van der Waals surface area contributed by atoms with Gasteiger partial charge in [0.1, 0.15) is 5.82 Å². The molecule has 1 atom stereocenters. The highest BCUT2D eigenvalue weighted by atomic mass is 16.7. The molecule has 34 heavy (non-hydrogen) atoms. The molecule has 0 saturated carbocycles. The molecule has 2 fully saturated rings. The standard InChI is InChI=1S/C28H38BN3O2/c1-27(2)28(3,4)34-29(33-27)23-15-14-20-17-22(13-12-21(20)18-23)24-19-30-26(31-24)25-11-9-7-6-8-10-16-32(25)5/h12-15,17-19,25H,6-11,16H2,1-5H3,(H,30,31). The third-order valence-electron chi connectivity index (χ3n) is 8.13. The summed E-state index contributed by atoms with van der Waals surface area (Å²) in [7, 11) is 1.90. The van der Waals surface area contributed by atoms with Crippen molar-refractivity contribution in [1.29, 1.82) is 0 Å². The highest BCUT2D eigenvalue weighted by Gasteiger charge is 2.51. The number of hydrogen-bond acceptors (Lipinski definition) is 4. The summed E-state index contributed by atoms with van der Waals surface area (Å²) < 4.78 is 12.5. The average Bonchev–Trinajstić information content (AvgIpc) is 3.38. The van der Waals surface area contributed by atoms with E-state index in [-0.39, 0.29) is 18.3 Å². The van der Waals surface area contributed by atoms with E-state index in [4.69, 9.17) is 14.3 Å². The second kappa shape index (κ2) is 9.14. The molecule has 0 bridgehead atoms. The predicted octanol–water partition coefficient (Wildman–Crippen LogP) is 5.86. The third-order valence-corrected chi connectivity index (χ3v) is 8.13. The molecule has 2 aliphatic heterocycles. The van der Waals surface area contributed by atoms with Crippen LogP contribution in [0.4, 0.5) is 0 Å². The van der Waals surface area contributed by atoms with Crippen LogP contribution < -0.4 is 5.46 Å². The van der Waals surface area contributed by atoms with E-state index in [0.29, 0.717) is 6.04 Å². The van der Waals surface area contributed by atoms with E-state index in [1.54, 1.807) is 0 Å². The van der Waals surface area contributed by atoms with Crippen LogP contribution in [-0.4, -0.2) is 46.8 Å². The number of nitrogens with zero attached hydrogens (tertiary/aromatic N) is 2. The Morgan fingerprint density at radius 3 is 2.38 bits per heavy atom. The monoisotopic (exact) mass is 459 g/mol. The van der Waals surface area contributed by atoms with Gasteiger partial charge >= 0.3 is 7.12 Å². The lowest BCUT2D eigenvalue weighted by Crippen LogP contribution is -2.41. The van der Waals surface area contributed by atoms with Crippen molar-refractivity contribution in [3.63, 3.8) is 0 Å². The molecular formula is C28H38BN3O2. The number of nitrogens with one attached hydrogen (secondary N) is 1. The first-order valence-electron chi connectivity index (χ1n) is 12.9. The van der Waals surface area contributed by atoms with E-state index in [2.05, 4.69) is 81.0 Å². The van der Waals surface area contributed by atoms with Crippen LogP contribution in [0.1, 0.15) is 78.1 Å². The topological polar surface area (TPSA) is 50.4 Å². The number of rotatable bonds is 3. The first kappa shape index (κ1) is 23.6. The van der Waals surface area contributed by atoms with Crippen LogP contribution in [-0.2, 0) is 9.31 Å². The van der Waals surface area contributed by atoms with Crippen LogP contribution >= 0.6 is 0 Å². The minimum atomic E-state index is -0.339. The van der Waals surface area contributed by atoms with Crippen molar-refractivity contribution in [1.82, 2.24) is 14.9 Å². The molecule has 3 aromatic rings. The van der Waals surface area contributed by atoms with E-state index in [0.717, 1.165) is 23.5 Å². The Balaban J connectivity index is 1.37. The normalized spacial score (nSPS) is 23.6. The van der Waals surface area contributed by atoms with Crippen molar-refractivity contribution >= 4 is 23.4 Å².